The molecule has 13 nitrogen and oxygen atoms in total. The Morgan fingerprint density at radius 1 is 1.14 bits per heavy atom. The van der Waals surface area contributed by atoms with Gasteiger partial charge in [0.05, 0.1) is 23.8 Å². The van der Waals surface area contributed by atoms with Crippen molar-refractivity contribution >= 4 is 40.6 Å². The first kappa shape index (κ1) is 29.6. The number of hydrogen-bond acceptors (Lipinski definition) is 10. The summed E-state index contributed by atoms with van der Waals surface area (Å²) in [6.45, 7) is 0.275. The highest BCUT2D eigenvalue weighted by atomic mass is 16.3. The molecule has 1 amide bonds. The highest BCUT2D eigenvalue weighted by Gasteiger charge is 2.63. The van der Waals surface area contributed by atoms with Crippen LogP contribution in [0.2, 0.25) is 0 Å². The summed E-state index contributed by atoms with van der Waals surface area (Å²) in [6.07, 6.45) is 0.144. The first-order valence-electron chi connectivity index (χ1n) is 13.6. The van der Waals surface area contributed by atoms with E-state index in [1.807, 2.05) is 30.3 Å². The maximum Gasteiger partial charge on any atom is 0.255 e. The predicted molar refractivity (Wildman–Crippen MR) is 159 cm³/mol. The number of carbonyl (C=O) groups is 3. The van der Waals surface area contributed by atoms with Gasteiger partial charge in [0, 0.05) is 31.3 Å². The number of aliphatic hydroxyl groups is 3. The van der Waals surface area contributed by atoms with Crippen LogP contribution in [-0.2, 0) is 27.3 Å². The molecule has 226 valence electrons. The van der Waals surface area contributed by atoms with Gasteiger partial charge in [0.2, 0.25) is 5.78 Å². The van der Waals surface area contributed by atoms with Crippen molar-refractivity contribution in [3.8, 4) is 5.75 Å². The summed E-state index contributed by atoms with van der Waals surface area (Å²) in [5.41, 5.74) is 9.72. The summed E-state index contributed by atoms with van der Waals surface area (Å²) in [5.74, 6) is -7.24. The van der Waals surface area contributed by atoms with Crippen molar-refractivity contribution in [2.45, 2.75) is 31.0 Å². The standard InChI is InChI=1S/C30H34N6O7/c1-33-22-16-10-14-9-15-18(36(2)3)11-17(35-29(32)34-12-13-7-5-4-6-8-13)23(37)20(15)24(38)19(14)26(40)30(16,43)27(41)21(25(22)39)28(31)42/h4-8,11,14,16,22,33,37-38,41,43H,9-10,12H2,1-3H3,(H2,31,42)(H3,32,34,35)/t14-,16-,22?,30-/m0/s1. The summed E-state index contributed by atoms with van der Waals surface area (Å²) < 4.78 is 0. The second-order valence-corrected chi connectivity index (χ2v) is 11.2. The zero-order valence-electron chi connectivity index (χ0n) is 23.9. The Morgan fingerprint density at radius 3 is 2.42 bits per heavy atom. The number of benzene rings is 2. The lowest BCUT2D eigenvalue weighted by atomic mass is 9.57. The number of Topliss-reactive ketones (excluding diaryl/α,β-unsaturated/α-hetero) is 2. The topological polar surface area (TPSA) is 224 Å². The molecular weight excluding hydrogens is 556 g/mol. The van der Waals surface area contributed by atoms with Gasteiger partial charge in [-0.15, -0.1) is 0 Å². The number of anilines is 2. The number of aliphatic hydroxyl groups excluding tert-OH is 2. The molecule has 0 saturated heterocycles. The molecule has 13 heteroatoms. The van der Waals surface area contributed by atoms with Crippen LogP contribution in [-0.4, -0.2) is 76.6 Å². The van der Waals surface area contributed by atoms with Crippen LogP contribution in [0.4, 0.5) is 11.4 Å². The number of phenols is 1. The van der Waals surface area contributed by atoms with Gasteiger partial charge in [0.1, 0.15) is 22.8 Å². The average Bonchev–Trinajstić information content (AvgIpc) is 2.95. The molecule has 3 aliphatic carbocycles. The molecule has 0 spiro atoms. The number of guanidine groups is 1. The Balaban J connectivity index is 1.62. The van der Waals surface area contributed by atoms with Crippen LogP contribution in [0.3, 0.4) is 0 Å². The van der Waals surface area contributed by atoms with Crippen molar-refractivity contribution in [3.05, 3.63) is 70.0 Å². The smallest absolute Gasteiger partial charge is 0.255 e. The van der Waals surface area contributed by atoms with Crippen molar-refractivity contribution in [3.63, 3.8) is 0 Å². The van der Waals surface area contributed by atoms with Gasteiger partial charge in [-0.2, -0.15) is 0 Å². The molecule has 4 atom stereocenters. The Labute approximate surface area is 247 Å². The van der Waals surface area contributed by atoms with Gasteiger partial charge in [0.25, 0.3) is 5.91 Å². The zero-order chi connectivity index (χ0) is 31.4. The van der Waals surface area contributed by atoms with E-state index in [0.29, 0.717) is 11.3 Å². The number of rotatable bonds is 6. The highest BCUT2D eigenvalue weighted by Crippen LogP contribution is 2.54. The van der Waals surface area contributed by atoms with E-state index in [-0.39, 0.29) is 42.2 Å². The number of ketones is 2. The van der Waals surface area contributed by atoms with Crippen molar-refractivity contribution in [1.29, 1.82) is 0 Å². The summed E-state index contributed by atoms with van der Waals surface area (Å²) in [7, 11) is 4.98. The van der Waals surface area contributed by atoms with Gasteiger partial charge in [0.15, 0.2) is 17.3 Å². The lowest BCUT2D eigenvalue weighted by Gasteiger charge is -2.49. The van der Waals surface area contributed by atoms with Crippen LogP contribution in [0.5, 0.6) is 5.75 Å². The van der Waals surface area contributed by atoms with Crippen LogP contribution < -0.4 is 27.0 Å². The largest absolute Gasteiger partial charge is 0.508 e. The molecule has 10 N–H and O–H groups in total. The molecule has 0 aliphatic heterocycles. The quantitative estimate of drug-likeness (QED) is 0.101. The van der Waals surface area contributed by atoms with Crippen LogP contribution >= 0.6 is 0 Å². The molecule has 0 radical (unpaired) electrons. The third kappa shape index (κ3) is 4.57. The molecule has 1 saturated carbocycles. The number of nitrogens with two attached hydrogens (primary N) is 2. The van der Waals surface area contributed by atoms with E-state index in [0.717, 1.165) is 5.56 Å². The Hall–Kier alpha value is -4.88. The zero-order valence-corrected chi connectivity index (χ0v) is 23.9. The molecule has 1 unspecified atom stereocenters. The highest BCUT2D eigenvalue weighted by molar-refractivity contribution is 6.24. The second kappa shape index (κ2) is 10.7. The second-order valence-electron chi connectivity index (χ2n) is 11.2. The number of amides is 1. The van der Waals surface area contributed by atoms with E-state index >= 15 is 0 Å². The fourth-order valence-electron chi connectivity index (χ4n) is 6.49. The van der Waals surface area contributed by atoms with Gasteiger partial charge in [-0.25, -0.2) is 4.99 Å². The summed E-state index contributed by atoms with van der Waals surface area (Å²) >= 11 is 0. The number of likely N-dealkylation sites (N-methyl/N-ethyl adjacent to an activating group) is 1. The minimum atomic E-state index is -2.71. The number of nitrogens with one attached hydrogen (secondary N) is 2. The Kier molecular flexibility index (Phi) is 7.40. The summed E-state index contributed by atoms with van der Waals surface area (Å²) in [5, 5.41) is 51.2. The van der Waals surface area contributed by atoms with Crippen molar-refractivity contribution in [2.75, 3.05) is 31.4 Å². The lowest BCUT2D eigenvalue weighted by molar-refractivity contribution is -0.150. The molecule has 0 heterocycles. The van der Waals surface area contributed by atoms with Gasteiger partial charge < -0.3 is 47.4 Å². The first-order chi connectivity index (χ1) is 20.3. The minimum absolute atomic E-state index is 0.00504. The molecule has 5 rings (SSSR count). The third-order valence-electron chi connectivity index (χ3n) is 8.51. The van der Waals surface area contributed by atoms with Crippen molar-refractivity contribution in [2.24, 2.45) is 28.3 Å². The number of aliphatic imine (C=N–C) groups is 1. The van der Waals surface area contributed by atoms with E-state index in [9.17, 15) is 34.8 Å². The molecule has 43 heavy (non-hydrogen) atoms. The van der Waals surface area contributed by atoms with Crippen molar-refractivity contribution < 1.29 is 34.8 Å². The Bertz CT molecular complexity index is 1630. The molecule has 1 fully saturated rings. The van der Waals surface area contributed by atoms with Crippen LogP contribution in [0.25, 0.3) is 5.76 Å². The van der Waals surface area contributed by atoms with Gasteiger partial charge in [-0.05, 0) is 43.0 Å². The normalized spacial score (nSPS) is 25.2. The summed E-state index contributed by atoms with van der Waals surface area (Å²) in [4.78, 5) is 45.2. The Morgan fingerprint density at radius 2 is 1.81 bits per heavy atom. The van der Waals surface area contributed by atoms with E-state index in [1.54, 1.807) is 25.1 Å². The SMILES string of the molecule is CNC1C(=O)C(C(N)=O)=C(O)[C@@]2(O)C(=O)C3=C(O)c4c(O)c(NC(N)=NCc5ccccc5)cc(N(C)C)c4C[C@H]3C[C@@H]12. The van der Waals surface area contributed by atoms with Gasteiger partial charge >= 0.3 is 0 Å². The fourth-order valence-corrected chi connectivity index (χ4v) is 6.49. The maximum atomic E-state index is 14.0. The molecule has 0 aromatic heterocycles. The molecule has 2 aromatic carbocycles. The molecule has 2 aromatic rings. The van der Waals surface area contributed by atoms with E-state index in [1.165, 1.54) is 7.05 Å². The minimum Gasteiger partial charge on any atom is -0.508 e. The molecule has 0 bridgehead atoms. The number of aromatic hydroxyl groups is 1. The predicted octanol–water partition coefficient (Wildman–Crippen LogP) is 0.615. The molecular formula is C30H34N6O7. The third-order valence-corrected chi connectivity index (χ3v) is 8.51. The van der Waals surface area contributed by atoms with Gasteiger partial charge in [-0.3, -0.25) is 14.4 Å². The van der Waals surface area contributed by atoms with Crippen molar-refractivity contribution in [1.82, 2.24) is 5.32 Å². The number of primary amides is 1. The number of carbonyl (C=O) groups excluding carboxylic acids is 3. The van der Waals surface area contributed by atoms with E-state index in [4.69, 9.17) is 11.5 Å². The maximum absolute atomic E-state index is 14.0. The first-order valence-corrected chi connectivity index (χ1v) is 13.6. The fraction of sp³-hybridized carbons (Fsp3) is 0.333. The van der Waals surface area contributed by atoms with Crippen LogP contribution in [0.15, 0.2) is 58.3 Å². The van der Waals surface area contributed by atoms with Gasteiger partial charge in [-0.1, -0.05) is 30.3 Å². The average molecular weight is 591 g/mol. The number of nitrogens with zero attached hydrogens (tertiary/aromatic N) is 2. The van der Waals surface area contributed by atoms with Crippen LogP contribution in [0.1, 0.15) is 23.1 Å². The number of hydrogen-bond donors (Lipinski definition) is 8. The number of phenolic OH excluding ortho intramolecular Hbond substituents is 1. The molecule has 3 aliphatic rings. The number of fused-ring (bicyclic) bond motifs is 3. The van der Waals surface area contributed by atoms with Crippen LogP contribution in [0, 0.1) is 11.8 Å². The van der Waals surface area contributed by atoms with E-state index in [2.05, 4.69) is 15.6 Å². The summed E-state index contributed by atoms with van der Waals surface area (Å²) in [6, 6.07) is 9.84. The monoisotopic (exact) mass is 590 g/mol. The van der Waals surface area contributed by atoms with E-state index < -0.39 is 63.8 Å². The lowest BCUT2D eigenvalue weighted by Crippen LogP contribution is -2.65.